The van der Waals surface area contributed by atoms with E-state index in [4.69, 9.17) is 0 Å². The molecule has 0 saturated heterocycles. The van der Waals surface area contributed by atoms with Gasteiger partial charge in [-0.1, -0.05) is 13.8 Å². The fourth-order valence-electron chi connectivity index (χ4n) is 1.82. The maximum absolute atomic E-state index is 11.8. The fraction of sp³-hybridized carbons (Fsp3) is 0.231. The lowest BCUT2D eigenvalue weighted by atomic mass is 10.1. The van der Waals surface area contributed by atoms with Crippen molar-refractivity contribution in [2.75, 3.05) is 5.32 Å². The number of rotatable bonds is 4. The number of amides is 1. The zero-order valence-corrected chi connectivity index (χ0v) is 11.8. The highest BCUT2D eigenvalue weighted by Gasteiger charge is 2.22. The van der Waals surface area contributed by atoms with Gasteiger partial charge in [0.05, 0.1) is 9.85 Å². The van der Waals surface area contributed by atoms with Crippen molar-refractivity contribution in [3.8, 4) is 0 Å². The summed E-state index contributed by atoms with van der Waals surface area (Å²) in [5.74, 6) is -0.788. The van der Waals surface area contributed by atoms with Crippen molar-refractivity contribution in [1.29, 1.82) is 0 Å². The molecule has 1 aromatic heterocycles. The number of anilines is 1. The molecule has 9 nitrogen and oxygen atoms in total. The Bertz CT molecular complexity index is 787. The van der Waals surface area contributed by atoms with Crippen molar-refractivity contribution in [3.05, 3.63) is 44.6 Å². The van der Waals surface area contributed by atoms with Gasteiger partial charge in [-0.15, -0.1) is 0 Å². The second kappa shape index (κ2) is 5.72. The second-order valence-electron chi connectivity index (χ2n) is 4.88. The van der Waals surface area contributed by atoms with Crippen LogP contribution < -0.4 is 5.32 Å². The average Bonchev–Trinajstić information content (AvgIpc) is 2.46. The maximum atomic E-state index is 11.8. The first-order chi connectivity index (χ1) is 10.3. The van der Waals surface area contributed by atoms with E-state index in [1.807, 2.05) is 0 Å². The maximum Gasteiger partial charge on any atom is 0.295 e. The second-order valence-corrected chi connectivity index (χ2v) is 4.88. The zero-order chi connectivity index (χ0) is 16.4. The number of carbonyl (C=O) groups is 1. The van der Waals surface area contributed by atoms with Gasteiger partial charge >= 0.3 is 0 Å². The molecule has 1 heterocycles. The first kappa shape index (κ1) is 15.3. The molecule has 0 spiro atoms. The summed E-state index contributed by atoms with van der Waals surface area (Å²) >= 11 is 0. The number of nitro benzene ring substituents is 1. The third kappa shape index (κ3) is 2.82. The van der Waals surface area contributed by atoms with Gasteiger partial charge < -0.3 is 5.32 Å². The lowest BCUT2D eigenvalue weighted by Crippen LogP contribution is -2.19. The van der Waals surface area contributed by atoms with E-state index in [2.05, 4.69) is 10.3 Å². The van der Waals surface area contributed by atoms with Crippen LogP contribution >= 0.6 is 0 Å². The normalized spacial score (nSPS) is 10.7. The van der Waals surface area contributed by atoms with Crippen LogP contribution in [0, 0.1) is 26.1 Å². The minimum Gasteiger partial charge on any atom is -0.318 e. The largest absolute Gasteiger partial charge is 0.318 e. The first-order valence-electron chi connectivity index (χ1n) is 6.33. The number of pyridine rings is 1. The Morgan fingerprint density at radius 2 is 1.91 bits per heavy atom. The number of aromatic nitrogens is 1. The van der Waals surface area contributed by atoms with Crippen molar-refractivity contribution < 1.29 is 14.6 Å². The lowest BCUT2D eigenvalue weighted by molar-refractivity contribution is -0.385. The van der Waals surface area contributed by atoms with E-state index in [1.54, 1.807) is 13.8 Å². The summed E-state index contributed by atoms with van der Waals surface area (Å²) in [6.07, 6.45) is 0.997. The number of nitrogens with zero attached hydrogens (tertiary/aromatic N) is 3. The summed E-state index contributed by atoms with van der Waals surface area (Å²) in [4.78, 5) is 36.4. The number of nitro groups is 2. The van der Waals surface area contributed by atoms with Crippen molar-refractivity contribution >= 4 is 33.9 Å². The summed E-state index contributed by atoms with van der Waals surface area (Å²) in [6.45, 7) is 3.29. The van der Waals surface area contributed by atoms with Gasteiger partial charge in [0, 0.05) is 23.4 Å². The fourth-order valence-corrected chi connectivity index (χ4v) is 1.82. The van der Waals surface area contributed by atoms with Gasteiger partial charge in [0.1, 0.15) is 17.4 Å². The van der Waals surface area contributed by atoms with Crippen LogP contribution in [0.2, 0.25) is 0 Å². The van der Waals surface area contributed by atoms with Gasteiger partial charge in [-0.05, 0) is 6.07 Å². The molecule has 0 aliphatic heterocycles. The highest BCUT2D eigenvalue weighted by atomic mass is 16.6. The Labute approximate surface area is 124 Å². The van der Waals surface area contributed by atoms with Crippen LogP contribution in [0.1, 0.15) is 13.8 Å². The van der Waals surface area contributed by atoms with Crippen LogP contribution in [-0.4, -0.2) is 20.7 Å². The number of fused-ring (bicyclic) bond motifs is 1. The van der Waals surface area contributed by atoms with Crippen molar-refractivity contribution in [3.63, 3.8) is 0 Å². The van der Waals surface area contributed by atoms with E-state index < -0.39 is 15.8 Å². The molecular formula is C13H12N4O5. The molecule has 2 rings (SSSR count). The molecular weight excluding hydrogens is 292 g/mol. The molecule has 0 aliphatic carbocycles. The van der Waals surface area contributed by atoms with Crippen LogP contribution in [0.4, 0.5) is 17.1 Å². The van der Waals surface area contributed by atoms with Gasteiger partial charge in [-0.3, -0.25) is 25.0 Å². The summed E-state index contributed by atoms with van der Waals surface area (Å²) in [5.41, 5.74) is -0.477. The third-order valence-electron chi connectivity index (χ3n) is 3.00. The van der Waals surface area contributed by atoms with Crippen LogP contribution in [0.15, 0.2) is 24.4 Å². The van der Waals surface area contributed by atoms with E-state index in [-0.39, 0.29) is 28.5 Å². The van der Waals surface area contributed by atoms with Crippen LogP contribution in [0.5, 0.6) is 0 Å². The van der Waals surface area contributed by atoms with E-state index in [1.165, 1.54) is 18.2 Å². The number of hydrogen-bond acceptors (Lipinski definition) is 6. The number of hydrogen-bond donors (Lipinski definition) is 1. The molecule has 0 atom stereocenters. The lowest BCUT2D eigenvalue weighted by Gasteiger charge is -2.10. The standard InChI is InChI=1S/C13H12N4O5/c1-7(2)13(18)15-12-10(17(21)22)4-3-8-5-9(16(19)20)6-14-11(8)12/h3-7H,1-2H3,(H,15,18). The molecule has 0 fully saturated rings. The molecule has 0 saturated carbocycles. The molecule has 0 aliphatic rings. The summed E-state index contributed by atoms with van der Waals surface area (Å²) in [5, 5.41) is 24.7. The minimum atomic E-state index is -0.640. The Hall–Kier alpha value is -3.10. The van der Waals surface area contributed by atoms with Gasteiger partial charge in [0.25, 0.3) is 11.4 Å². The van der Waals surface area contributed by atoms with Gasteiger partial charge in [0.15, 0.2) is 0 Å². The van der Waals surface area contributed by atoms with Crippen molar-refractivity contribution in [2.24, 2.45) is 5.92 Å². The van der Waals surface area contributed by atoms with Crippen LogP contribution in [0.25, 0.3) is 10.9 Å². The molecule has 0 radical (unpaired) electrons. The molecule has 0 bridgehead atoms. The highest BCUT2D eigenvalue weighted by Crippen LogP contribution is 2.33. The molecule has 22 heavy (non-hydrogen) atoms. The number of benzene rings is 1. The highest BCUT2D eigenvalue weighted by molar-refractivity contribution is 6.04. The first-order valence-corrected chi connectivity index (χ1v) is 6.33. The van der Waals surface area contributed by atoms with E-state index in [0.29, 0.717) is 5.39 Å². The minimum absolute atomic E-state index is 0.0592. The third-order valence-corrected chi connectivity index (χ3v) is 3.00. The molecule has 9 heteroatoms. The molecule has 114 valence electrons. The molecule has 1 aromatic carbocycles. The van der Waals surface area contributed by atoms with E-state index >= 15 is 0 Å². The van der Waals surface area contributed by atoms with Crippen LogP contribution in [-0.2, 0) is 4.79 Å². The molecule has 1 N–H and O–H groups in total. The Morgan fingerprint density at radius 1 is 1.23 bits per heavy atom. The topological polar surface area (TPSA) is 128 Å². The molecule has 2 aromatic rings. The quantitative estimate of drug-likeness (QED) is 0.682. The van der Waals surface area contributed by atoms with Gasteiger partial charge in [-0.25, -0.2) is 4.98 Å². The number of nitrogens with one attached hydrogen (secondary N) is 1. The van der Waals surface area contributed by atoms with Gasteiger partial charge in [0.2, 0.25) is 5.91 Å². The SMILES string of the molecule is CC(C)C(=O)Nc1c([N+](=O)[O-])ccc2cc([N+](=O)[O-])cnc12. The summed E-state index contributed by atoms with van der Waals surface area (Å²) < 4.78 is 0. The smallest absolute Gasteiger partial charge is 0.295 e. The predicted octanol–water partition coefficient (Wildman–Crippen LogP) is 2.65. The monoisotopic (exact) mass is 304 g/mol. The van der Waals surface area contributed by atoms with Crippen molar-refractivity contribution in [2.45, 2.75) is 13.8 Å². The van der Waals surface area contributed by atoms with E-state index in [9.17, 15) is 25.0 Å². The van der Waals surface area contributed by atoms with Gasteiger partial charge in [-0.2, -0.15) is 0 Å². The predicted molar refractivity (Wildman–Crippen MR) is 78.5 cm³/mol. The zero-order valence-electron chi connectivity index (χ0n) is 11.8. The summed E-state index contributed by atoms with van der Waals surface area (Å²) in [7, 11) is 0. The van der Waals surface area contributed by atoms with Crippen molar-refractivity contribution in [1.82, 2.24) is 4.98 Å². The number of carbonyl (C=O) groups excluding carboxylic acids is 1. The summed E-state index contributed by atoms with van der Waals surface area (Å²) in [6, 6.07) is 3.79. The molecule has 0 unspecified atom stereocenters. The van der Waals surface area contributed by atoms with E-state index in [0.717, 1.165) is 6.20 Å². The Kier molecular flexibility index (Phi) is 3.97. The average molecular weight is 304 g/mol. The Balaban J connectivity index is 2.67. The Morgan fingerprint density at radius 3 is 2.45 bits per heavy atom. The molecule has 1 amide bonds. The van der Waals surface area contributed by atoms with Crippen LogP contribution in [0.3, 0.4) is 0 Å².